The van der Waals surface area contributed by atoms with Crippen LogP contribution in [0.4, 0.5) is 4.79 Å². The number of carbonyl (C=O) groups excluding carboxylic acids is 1. The lowest BCUT2D eigenvalue weighted by atomic mass is 10.1. The average Bonchev–Trinajstić information content (AvgIpc) is 2.80. The van der Waals surface area contributed by atoms with Crippen LogP contribution in [0.1, 0.15) is 18.5 Å². The van der Waals surface area contributed by atoms with Gasteiger partial charge in [-0.05, 0) is 13.0 Å². The van der Waals surface area contributed by atoms with Crippen LogP contribution in [-0.2, 0) is 4.79 Å². The predicted molar refractivity (Wildman–Crippen MR) is 69.5 cm³/mol. The summed E-state index contributed by atoms with van der Waals surface area (Å²) in [6, 6.07) is 6.49. The number of aliphatic carboxylic acids is 1. The minimum Gasteiger partial charge on any atom is -0.491 e. The molecule has 7 nitrogen and oxygen atoms in total. The summed E-state index contributed by atoms with van der Waals surface area (Å²) < 4.78 is 5.41. The van der Waals surface area contributed by atoms with Crippen molar-refractivity contribution in [1.29, 1.82) is 0 Å². The Labute approximate surface area is 115 Å². The Bertz CT molecular complexity index is 529. The molecule has 108 valence electrons. The first-order valence-electron chi connectivity index (χ1n) is 6.12. The summed E-state index contributed by atoms with van der Waals surface area (Å²) in [5.74, 6) is -0.678. The summed E-state index contributed by atoms with van der Waals surface area (Å²) in [5, 5.41) is 23.2. The van der Waals surface area contributed by atoms with Crippen LogP contribution in [-0.4, -0.2) is 41.0 Å². The van der Waals surface area contributed by atoms with E-state index in [2.05, 4.69) is 10.6 Å². The number of carbonyl (C=O) groups is 2. The van der Waals surface area contributed by atoms with Gasteiger partial charge in [-0.25, -0.2) is 9.59 Å². The smallest absolute Gasteiger partial charge is 0.337 e. The quantitative estimate of drug-likeness (QED) is 0.632. The van der Waals surface area contributed by atoms with Gasteiger partial charge in [-0.2, -0.15) is 0 Å². The predicted octanol–water partition coefficient (Wildman–Crippen LogP) is 0.255. The Morgan fingerprint density at radius 1 is 1.45 bits per heavy atom. The van der Waals surface area contributed by atoms with Crippen LogP contribution in [0.2, 0.25) is 0 Å². The number of nitrogens with one attached hydrogen (secondary N) is 2. The number of hydrogen-bond donors (Lipinski definition) is 4. The van der Waals surface area contributed by atoms with Gasteiger partial charge in [-0.1, -0.05) is 18.2 Å². The number of rotatable bonds is 4. The molecule has 4 N–H and O–H groups in total. The summed E-state index contributed by atoms with van der Waals surface area (Å²) >= 11 is 0. The first kappa shape index (κ1) is 14.1. The van der Waals surface area contributed by atoms with Crippen LogP contribution in [0.5, 0.6) is 5.75 Å². The fourth-order valence-corrected chi connectivity index (χ4v) is 1.82. The minimum atomic E-state index is -2.00. The summed E-state index contributed by atoms with van der Waals surface area (Å²) in [7, 11) is 0. The van der Waals surface area contributed by atoms with Gasteiger partial charge < -0.3 is 25.6 Å². The first-order chi connectivity index (χ1) is 9.40. The monoisotopic (exact) mass is 280 g/mol. The third kappa shape index (κ3) is 3.00. The number of amides is 2. The largest absolute Gasteiger partial charge is 0.491 e. The number of ether oxygens (including phenoxy) is 1. The second-order valence-corrected chi connectivity index (χ2v) is 4.81. The molecule has 20 heavy (non-hydrogen) atoms. The molecule has 1 aromatic rings. The number of fused-ring (bicyclic) bond motifs is 1. The molecule has 0 radical (unpaired) electrons. The highest BCUT2D eigenvalue weighted by Gasteiger charge is 2.31. The summed E-state index contributed by atoms with van der Waals surface area (Å²) in [6.45, 7) is 1.05. The van der Waals surface area contributed by atoms with E-state index in [1.165, 1.54) is 0 Å². The fraction of sp³-hybridized carbons (Fsp3) is 0.385. The molecule has 7 heteroatoms. The lowest BCUT2D eigenvalue weighted by Crippen LogP contribution is -2.49. The van der Waals surface area contributed by atoms with Crippen LogP contribution in [0.3, 0.4) is 0 Å². The molecular weight excluding hydrogens is 264 g/mol. The Balaban J connectivity index is 1.89. The number of para-hydroxylation sites is 1. The Morgan fingerprint density at radius 2 is 2.15 bits per heavy atom. The molecule has 0 saturated heterocycles. The van der Waals surface area contributed by atoms with Gasteiger partial charge in [0, 0.05) is 5.56 Å². The van der Waals surface area contributed by atoms with Crippen LogP contribution in [0.25, 0.3) is 0 Å². The van der Waals surface area contributed by atoms with Crippen LogP contribution in [0, 0.1) is 0 Å². The Hall–Kier alpha value is -2.28. The lowest BCUT2D eigenvalue weighted by molar-refractivity contribution is -0.155. The van der Waals surface area contributed by atoms with Gasteiger partial charge in [-0.3, -0.25) is 0 Å². The zero-order valence-corrected chi connectivity index (χ0v) is 10.9. The van der Waals surface area contributed by atoms with E-state index in [4.69, 9.17) is 9.84 Å². The molecule has 2 atom stereocenters. The van der Waals surface area contributed by atoms with Crippen molar-refractivity contribution in [3.8, 4) is 5.75 Å². The van der Waals surface area contributed by atoms with E-state index in [9.17, 15) is 14.7 Å². The van der Waals surface area contributed by atoms with Crippen molar-refractivity contribution in [1.82, 2.24) is 10.6 Å². The molecule has 0 saturated carbocycles. The van der Waals surface area contributed by atoms with Crippen molar-refractivity contribution >= 4 is 12.0 Å². The van der Waals surface area contributed by atoms with E-state index in [0.29, 0.717) is 6.61 Å². The third-order valence-corrected chi connectivity index (χ3v) is 3.06. The molecule has 0 aromatic heterocycles. The topological polar surface area (TPSA) is 108 Å². The SMILES string of the molecule is CC(O)(CNC(=O)NC1COc2ccccc21)C(=O)O. The summed E-state index contributed by atoms with van der Waals surface area (Å²) in [6.07, 6.45) is 0. The summed E-state index contributed by atoms with van der Waals surface area (Å²) in [5.41, 5.74) is -1.13. The molecule has 0 spiro atoms. The minimum absolute atomic E-state index is 0.291. The van der Waals surface area contributed by atoms with Gasteiger partial charge in [0.15, 0.2) is 5.60 Å². The maximum Gasteiger partial charge on any atom is 0.337 e. The molecule has 1 aromatic carbocycles. The maximum absolute atomic E-state index is 11.7. The lowest BCUT2D eigenvalue weighted by Gasteiger charge is -2.19. The highest BCUT2D eigenvalue weighted by molar-refractivity contribution is 5.79. The normalized spacial score (nSPS) is 19.4. The second-order valence-electron chi connectivity index (χ2n) is 4.81. The summed E-state index contributed by atoms with van der Waals surface area (Å²) in [4.78, 5) is 22.4. The molecule has 1 aliphatic rings. The van der Waals surface area contributed by atoms with Gasteiger partial charge in [-0.15, -0.1) is 0 Å². The number of hydrogen-bond acceptors (Lipinski definition) is 4. The van der Waals surface area contributed by atoms with Crippen molar-refractivity contribution < 1.29 is 24.5 Å². The molecule has 1 aliphatic heterocycles. The highest BCUT2D eigenvalue weighted by atomic mass is 16.5. The van der Waals surface area contributed by atoms with Gasteiger partial charge in [0.05, 0.1) is 12.6 Å². The molecule has 0 aliphatic carbocycles. The van der Waals surface area contributed by atoms with Gasteiger partial charge >= 0.3 is 12.0 Å². The molecular formula is C13H16N2O5. The molecule has 0 fully saturated rings. The van der Waals surface area contributed by atoms with Crippen molar-refractivity contribution in [3.63, 3.8) is 0 Å². The molecule has 0 bridgehead atoms. The van der Waals surface area contributed by atoms with Gasteiger partial charge in [0.2, 0.25) is 0 Å². The van der Waals surface area contributed by atoms with Crippen molar-refractivity contribution in [2.24, 2.45) is 0 Å². The van der Waals surface area contributed by atoms with Crippen LogP contribution in [0.15, 0.2) is 24.3 Å². The second kappa shape index (κ2) is 5.38. The average molecular weight is 280 g/mol. The van der Waals surface area contributed by atoms with E-state index >= 15 is 0 Å². The Morgan fingerprint density at radius 3 is 2.85 bits per heavy atom. The van der Waals surface area contributed by atoms with E-state index in [0.717, 1.165) is 18.2 Å². The molecule has 2 rings (SSSR count). The third-order valence-electron chi connectivity index (χ3n) is 3.06. The number of benzene rings is 1. The van der Waals surface area contributed by atoms with Crippen molar-refractivity contribution in [3.05, 3.63) is 29.8 Å². The zero-order chi connectivity index (χ0) is 14.8. The van der Waals surface area contributed by atoms with Crippen molar-refractivity contribution in [2.45, 2.75) is 18.6 Å². The number of carboxylic acid groups (broad SMARTS) is 1. The molecule has 2 unspecified atom stereocenters. The fourth-order valence-electron chi connectivity index (χ4n) is 1.82. The van der Waals surface area contributed by atoms with Gasteiger partial charge in [0.1, 0.15) is 12.4 Å². The number of urea groups is 1. The standard InChI is InChI=1S/C13H16N2O5/c1-13(19,11(16)17)7-14-12(18)15-9-6-20-10-5-3-2-4-8(9)10/h2-5,9,19H,6-7H2,1H3,(H,16,17)(H2,14,15,18). The van der Waals surface area contributed by atoms with Gasteiger partial charge in [0.25, 0.3) is 0 Å². The highest BCUT2D eigenvalue weighted by Crippen LogP contribution is 2.31. The van der Waals surface area contributed by atoms with E-state index in [-0.39, 0.29) is 12.6 Å². The van der Waals surface area contributed by atoms with E-state index in [1.54, 1.807) is 0 Å². The van der Waals surface area contributed by atoms with Crippen molar-refractivity contribution in [2.75, 3.05) is 13.2 Å². The Kier molecular flexibility index (Phi) is 3.80. The number of carboxylic acids is 1. The first-order valence-corrected chi connectivity index (χ1v) is 6.12. The van der Waals surface area contributed by atoms with Crippen LogP contribution < -0.4 is 15.4 Å². The van der Waals surface area contributed by atoms with E-state index < -0.39 is 17.6 Å². The molecule has 2 amide bonds. The zero-order valence-electron chi connectivity index (χ0n) is 10.9. The van der Waals surface area contributed by atoms with Crippen LogP contribution >= 0.6 is 0 Å². The van der Waals surface area contributed by atoms with E-state index in [1.807, 2.05) is 24.3 Å². The molecule has 1 heterocycles. The number of aliphatic hydroxyl groups is 1. The maximum atomic E-state index is 11.7.